The minimum Gasteiger partial charge on any atom is -0.493 e. The van der Waals surface area contributed by atoms with Crippen LogP contribution in [0.4, 0.5) is 0 Å². The van der Waals surface area contributed by atoms with Gasteiger partial charge in [0, 0.05) is 24.2 Å². The van der Waals surface area contributed by atoms with Gasteiger partial charge in [0.1, 0.15) is 0 Å². The molecule has 124 valence electrons. The van der Waals surface area contributed by atoms with Gasteiger partial charge in [-0.3, -0.25) is 9.69 Å². The SMILES string of the molecule is CCN1CCC[C@@H]1Cn1ccc2c(OC)c(OC)ccc2c1=O. The van der Waals surface area contributed by atoms with Crippen LogP contribution in [-0.2, 0) is 6.54 Å². The fraction of sp³-hybridized carbons (Fsp3) is 0.500. The summed E-state index contributed by atoms with van der Waals surface area (Å²) in [7, 11) is 3.20. The van der Waals surface area contributed by atoms with Gasteiger partial charge < -0.3 is 14.0 Å². The first-order valence-electron chi connectivity index (χ1n) is 8.17. The Morgan fingerprint density at radius 3 is 2.70 bits per heavy atom. The van der Waals surface area contributed by atoms with E-state index in [9.17, 15) is 4.79 Å². The van der Waals surface area contributed by atoms with Gasteiger partial charge in [0.15, 0.2) is 11.5 Å². The normalized spacial score (nSPS) is 18.5. The topological polar surface area (TPSA) is 43.7 Å². The molecule has 1 aliphatic heterocycles. The molecule has 0 saturated carbocycles. The Bertz CT molecular complexity index is 754. The van der Waals surface area contributed by atoms with E-state index in [4.69, 9.17) is 9.47 Å². The highest BCUT2D eigenvalue weighted by Crippen LogP contribution is 2.33. The van der Waals surface area contributed by atoms with E-state index in [-0.39, 0.29) is 5.56 Å². The monoisotopic (exact) mass is 316 g/mol. The summed E-state index contributed by atoms with van der Waals surface area (Å²) in [6.07, 6.45) is 4.24. The first-order chi connectivity index (χ1) is 11.2. The highest BCUT2D eigenvalue weighted by molar-refractivity contribution is 5.90. The number of fused-ring (bicyclic) bond motifs is 1. The van der Waals surface area contributed by atoms with Gasteiger partial charge in [0.05, 0.1) is 19.6 Å². The molecule has 1 aromatic heterocycles. The van der Waals surface area contributed by atoms with Gasteiger partial charge in [0.25, 0.3) is 5.56 Å². The molecule has 2 heterocycles. The van der Waals surface area contributed by atoms with Gasteiger partial charge in [-0.1, -0.05) is 6.92 Å². The van der Waals surface area contributed by atoms with Crippen molar-refractivity contribution in [2.45, 2.75) is 32.4 Å². The van der Waals surface area contributed by atoms with E-state index >= 15 is 0 Å². The molecule has 23 heavy (non-hydrogen) atoms. The fourth-order valence-corrected chi connectivity index (χ4v) is 3.58. The van der Waals surface area contributed by atoms with E-state index in [0.29, 0.717) is 22.9 Å². The molecule has 0 amide bonds. The zero-order valence-corrected chi connectivity index (χ0v) is 14.0. The Labute approximate surface area is 136 Å². The number of hydrogen-bond donors (Lipinski definition) is 0. The Morgan fingerprint density at radius 1 is 1.17 bits per heavy atom. The van der Waals surface area contributed by atoms with E-state index in [1.165, 1.54) is 6.42 Å². The summed E-state index contributed by atoms with van der Waals surface area (Å²) in [5, 5.41) is 1.47. The third-order valence-corrected chi connectivity index (χ3v) is 4.81. The van der Waals surface area contributed by atoms with Gasteiger partial charge in [-0.15, -0.1) is 0 Å². The van der Waals surface area contributed by atoms with E-state index in [2.05, 4.69) is 11.8 Å². The molecular formula is C18H24N2O3. The largest absolute Gasteiger partial charge is 0.493 e. The minimum absolute atomic E-state index is 0.0337. The number of ether oxygens (including phenoxy) is 2. The number of likely N-dealkylation sites (tertiary alicyclic amines) is 1. The van der Waals surface area contributed by atoms with Crippen LogP contribution in [0.5, 0.6) is 11.5 Å². The summed E-state index contributed by atoms with van der Waals surface area (Å²) < 4.78 is 12.6. The second-order valence-corrected chi connectivity index (χ2v) is 5.96. The second kappa shape index (κ2) is 6.62. The molecule has 1 saturated heterocycles. The predicted molar refractivity (Wildman–Crippen MR) is 91.6 cm³/mol. The molecule has 5 heteroatoms. The lowest BCUT2D eigenvalue weighted by Crippen LogP contribution is -2.35. The standard InChI is InChI=1S/C18H24N2O3/c1-4-19-10-5-6-13(19)12-20-11-9-14-15(18(20)21)7-8-16(22-2)17(14)23-3/h7-9,11,13H,4-6,10,12H2,1-3H3/t13-/m1/s1. The van der Waals surface area contributed by atoms with Crippen LogP contribution in [0, 0.1) is 0 Å². The number of hydrogen-bond acceptors (Lipinski definition) is 4. The van der Waals surface area contributed by atoms with E-state index in [1.54, 1.807) is 20.3 Å². The number of methoxy groups -OCH3 is 2. The summed E-state index contributed by atoms with van der Waals surface area (Å²) in [5.74, 6) is 1.26. The van der Waals surface area contributed by atoms with Crippen LogP contribution in [0.2, 0.25) is 0 Å². The van der Waals surface area contributed by atoms with Crippen molar-refractivity contribution in [3.63, 3.8) is 0 Å². The van der Waals surface area contributed by atoms with Crippen molar-refractivity contribution < 1.29 is 9.47 Å². The van der Waals surface area contributed by atoms with Crippen molar-refractivity contribution in [1.82, 2.24) is 9.47 Å². The molecule has 0 N–H and O–H groups in total. The summed E-state index contributed by atoms with van der Waals surface area (Å²) in [5.41, 5.74) is 0.0337. The van der Waals surface area contributed by atoms with E-state index in [1.807, 2.05) is 22.9 Å². The second-order valence-electron chi connectivity index (χ2n) is 5.96. The van der Waals surface area contributed by atoms with Gasteiger partial charge in [0.2, 0.25) is 0 Å². The van der Waals surface area contributed by atoms with Crippen LogP contribution < -0.4 is 15.0 Å². The molecule has 5 nitrogen and oxygen atoms in total. The fourth-order valence-electron chi connectivity index (χ4n) is 3.58. The zero-order chi connectivity index (χ0) is 16.4. The van der Waals surface area contributed by atoms with Crippen LogP contribution in [0.3, 0.4) is 0 Å². The Morgan fingerprint density at radius 2 is 2.00 bits per heavy atom. The first-order valence-corrected chi connectivity index (χ1v) is 8.17. The molecule has 3 rings (SSSR count). The number of likely N-dealkylation sites (N-methyl/N-ethyl adjacent to an activating group) is 1. The number of rotatable bonds is 5. The van der Waals surface area contributed by atoms with Crippen molar-refractivity contribution >= 4 is 10.8 Å². The maximum absolute atomic E-state index is 12.8. The van der Waals surface area contributed by atoms with Gasteiger partial charge >= 0.3 is 0 Å². The lowest BCUT2D eigenvalue weighted by atomic mass is 10.1. The molecule has 1 fully saturated rings. The number of aromatic nitrogens is 1. The van der Waals surface area contributed by atoms with Gasteiger partial charge in [-0.05, 0) is 44.1 Å². The van der Waals surface area contributed by atoms with Gasteiger partial charge in [-0.2, -0.15) is 0 Å². The third kappa shape index (κ3) is 2.81. The van der Waals surface area contributed by atoms with E-state index in [0.717, 1.165) is 31.4 Å². The van der Waals surface area contributed by atoms with Crippen molar-refractivity contribution in [1.29, 1.82) is 0 Å². The number of nitrogens with zero attached hydrogens (tertiary/aromatic N) is 2. The van der Waals surface area contributed by atoms with Crippen LogP contribution in [-0.4, -0.2) is 42.8 Å². The summed E-state index contributed by atoms with van der Waals surface area (Å²) in [4.78, 5) is 15.3. The highest BCUT2D eigenvalue weighted by atomic mass is 16.5. The van der Waals surface area contributed by atoms with Crippen molar-refractivity contribution in [2.24, 2.45) is 0 Å². The zero-order valence-electron chi connectivity index (χ0n) is 14.0. The maximum Gasteiger partial charge on any atom is 0.258 e. The lowest BCUT2D eigenvalue weighted by molar-refractivity contribution is 0.243. The molecule has 0 bridgehead atoms. The first kappa shape index (κ1) is 15.9. The molecule has 1 aliphatic rings. The van der Waals surface area contributed by atoms with Crippen LogP contribution in [0.1, 0.15) is 19.8 Å². The quantitative estimate of drug-likeness (QED) is 0.850. The summed E-state index contributed by atoms with van der Waals surface area (Å²) in [6.45, 7) is 5.10. The third-order valence-electron chi connectivity index (χ3n) is 4.81. The maximum atomic E-state index is 12.8. The smallest absolute Gasteiger partial charge is 0.258 e. The van der Waals surface area contributed by atoms with Crippen molar-refractivity contribution in [2.75, 3.05) is 27.3 Å². The number of benzene rings is 1. The molecular weight excluding hydrogens is 292 g/mol. The molecule has 0 aliphatic carbocycles. The van der Waals surface area contributed by atoms with Gasteiger partial charge in [-0.25, -0.2) is 0 Å². The van der Waals surface area contributed by atoms with Crippen molar-refractivity contribution in [3.05, 3.63) is 34.7 Å². The van der Waals surface area contributed by atoms with Crippen LogP contribution in [0.25, 0.3) is 10.8 Å². The highest BCUT2D eigenvalue weighted by Gasteiger charge is 2.23. The number of pyridine rings is 1. The van der Waals surface area contributed by atoms with Crippen molar-refractivity contribution in [3.8, 4) is 11.5 Å². The molecule has 0 unspecified atom stereocenters. The van der Waals surface area contributed by atoms with E-state index < -0.39 is 0 Å². The average molecular weight is 316 g/mol. The Balaban J connectivity index is 2.01. The average Bonchev–Trinajstić information content (AvgIpc) is 3.03. The van der Waals surface area contributed by atoms with Crippen LogP contribution >= 0.6 is 0 Å². The molecule has 1 atom stereocenters. The summed E-state index contributed by atoms with van der Waals surface area (Å²) in [6, 6.07) is 6.02. The summed E-state index contributed by atoms with van der Waals surface area (Å²) >= 11 is 0. The van der Waals surface area contributed by atoms with Crippen LogP contribution in [0.15, 0.2) is 29.2 Å². The molecule has 0 spiro atoms. The molecule has 0 radical (unpaired) electrons. The predicted octanol–water partition coefficient (Wildman–Crippen LogP) is 2.50. The Hall–Kier alpha value is -2.01. The Kier molecular flexibility index (Phi) is 4.57. The minimum atomic E-state index is 0.0337. The lowest BCUT2D eigenvalue weighted by Gasteiger charge is -2.23. The molecule has 1 aromatic carbocycles. The molecule has 2 aromatic rings.